The Labute approximate surface area is 97.9 Å². The number of carbonyl (C=O) groups excluding carboxylic acids is 1. The van der Waals surface area contributed by atoms with E-state index in [4.69, 9.17) is 15.6 Å². The molecule has 0 aromatic heterocycles. The predicted molar refractivity (Wildman–Crippen MR) is 58.2 cm³/mol. The molecule has 17 heavy (non-hydrogen) atoms. The number of hydrogen-bond donors (Lipinski definition) is 2. The van der Waals surface area contributed by atoms with E-state index in [0.717, 1.165) is 5.56 Å². The molecule has 1 aromatic rings. The first-order chi connectivity index (χ1) is 8.09. The maximum absolute atomic E-state index is 11.1. The third kappa shape index (κ3) is 4.98. The van der Waals surface area contributed by atoms with Crippen molar-refractivity contribution in [2.75, 3.05) is 6.61 Å². The molecular weight excluding hydrogens is 226 g/mol. The SMILES string of the molecule is NC(COC(=O)OCc1ccccc1)C(=O)O. The van der Waals surface area contributed by atoms with Crippen LogP contribution in [0, 0.1) is 0 Å². The van der Waals surface area contributed by atoms with Gasteiger partial charge >= 0.3 is 12.1 Å². The Morgan fingerprint density at radius 1 is 1.24 bits per heavy atom. The fraction of sp³-hybridized carbons (Fsp3) is 0.273. The Bertz CT molecular complexity index is 379. The first kappa shape index (κ1) is 13.0. The molecule has 0 amide bonds. The highest BCUT2D eigenvalue weighted by molar-refractivity contribution is 5.73. The minimum Gasteiger partial charge on any atom is -0.480 e. The van der Waals surface area contributed by atoms with Crippen molar-refractivity contribution < 1.29 is 24.2 Å². The Morgan fingerprint density at radius 3 is 2.47 bits per heavy atom. The van der Waals surface area contributed by atoms with E-state index in [0.29, 0.717) is 0 Å². The van der Waals surface area contributed by atoms with Gasteiger partial charge < -0.3 is 20.3 Å². The van der Waals surface area contributed by atoms with Crippen LogP contribution in [0.25, 0.3) is 0 Å². The van der Waals surface area contributed by atoms with Crippen LogP contribution in [0.1, 0.15) is 5.56 Å². The lowest BCUT2D eigenvalue weighted by Crippen LogP contribution is -2.35. The van der Waals surface area contributed by atoms with E-state index in [1.54, 1.807) is 12.1 Å². The van der Waals surface area contributed by atoms with Gasteiger partial charge in [0, 0.05) is 0 Å². The third-order valence-electron chi connectivity index (χ3n) is 1.90. The average Bonchev–Trinajstić information content (AvgIpc) is 2.34. The summed E-state index contributed by atoms with van der Waals surface area (Å²) >= 11 is 0. The Balaban J connectivity index is 2.24. The quantitative estimate of drug-likeness (QED) is 0.735. The lowest BCUT2D eigenvalue weighted by Gasteiger charge is -2.08. The maximum Gasteiger partial charge on any atom is 0.508 e. The normalized spacial score (nSPS) is 11.6. The number of rotatable bonds is 5. The van der Waals surface area contributed by atoms with Gasteiger partial charge in [-0.1, -0.05) is 30.3 Å². The first-order valence-corrected chi connectivity index (χ1v) is 4.91. The van der Waals surface area contributed by atoms with Crippen molar-refractivity contribution in [3.05, 3.63) is 35.9 Å². The molecule has 0 heterocycles. The van der Waals surface area contributed by atoms with Gasteiger partial charge in [-0.25, -0.2) is 4.79 Å². The van der Waals surface area contributed by atoms with E-state index in [-0.39, 0.29) is 6.61 Å². The summed E-state index contributed by atoms with van der Waals surface area (Å²) in [6.45, 7) is -0.342. The van der Waals surface area contributed by atoms with Crippen LogP contribution >= 0.6 is 0 Å². The number of hydrogen-bond acceptors (Lipinski definition) is 5. The molecule has 0 fully saturated rings. The second-order valence-electron chi connectivity index (χ2n) is 3.28. The molecule has 0 radical (unpaired) electrons. The standard InChI is InChI=1S/C11H13NO5/c12-9(10(13)14)7-17-11(15)16-6-8-4-2-1-3-5-8/h1-5,9H,6-7,12H2,(H,13,14). The van der Waals surface area contributed by atoms with Crippen molar-refractivity contribution in [1.82, 2.24) is 0 Å². The number of carboxylic acid groups (broad SMARTS) is 1. The molecule has 3 N–H and O–H groups in total. The van der Waals surface area contributed by atoms with Gasteiger partial charge in [0.2, 0.25) is 0 Å². The van der Waals surface area contributed by atoms with Gasteiger partial charge in [0.1, 0.15) is 19.3 Å². The highest BCUT2D eigenvalue weighted by Crippen LogP contribution is 2.01. The summed E-state index contributed by atoms with van der Waals surface area (Å²) < 4.78 is 9.27. The number of carboxylic acids is 1. The zero-order valence-corrected chi connectivity index (χ0v) is 9.04. The molecule has 0 aliphatic carbocycles. The number of aliphatic carboxylic acids is 1. The van der Waals surface area contributed by atoms with Gasteiger partial charge in [-0.3, -0.25) is 4.79 Å². The number of benzene rings is 1. The molecule has 0 aliphatic heterocycles. The fourth-order valence-electron chi connectivity index (χ4n) is 0.987. The van der Waals surface area contributed by atoms with Crippen molar-refractivity contribution in [3.63, 3.8) is 0 Å². The number of ether oxygens (including phenoxy) is 2. The van der Waals surface area contributed by atoms with E-state index in [1.165, 1.54) is 0 Å². The lowest BCUT2D eigenvalue weighted by atomic mass is 10.2. The Morgan fingerprint density at radius 2 is 1.88 bits per heavy atom. The van der Waals surface area contributed by atoms with Gasteiger partial charge in [0.05, 0.1) is 0 Å². The Kier molecular flexibility index (Phi) is 4.96. The third-order valence-corrected chi connectivity index (χ3v) is 1.90. The molecule has 1 atom stereocenters. The number of nitrogens with two attached hydrogens (primary N) is 1. The largest absolute Gasteiger partial charge is 0.508 e. The first-order valence-electron chi connectivity index (χ1n) is 4.91. The van der Waals surface area contributed by atoms with Gasteiger partial charge in [0.15, 0.2) is 0 Å². The van der Waals surface area contributed by atoms with Crippen molar-refractivity contribution >= 4 is 12.1 Å². The molecule has 1 unspecified atom stereocenters. The highest BCUT2D eigenvalue weighted by atomic mass is 16.7. The zero-order chi connectivity index (χ0) is 12.7. The molecule has 6 nitrogen and oxygen atoms in total. The molecule has 1 aromatic carbocycles. The molecule has 6 heteroatoms. The summed E-state index contributed by atoms with van der Waals surface area (Å²) in [5.41, 5.74) is 5.95. The van der Waals surface area contributed by atoms with Crippen LogP contribution < -0.4 is 5.73 Å². The van der Waals surface area contributed by atoms with Crippen LogP contribution in [-0.2, 0) is 20.9 Å². The van der Waals surface area contributed by atoms with Crippen LogP contribution in [-0.4, -0.2) is 29.9 Å². The molecule has 0 aliphatic rings. The fourth-order valence-corrected chi connectivity index (χ4v) is 0.987. The monoisotopic (exact) mass is 239 g/mol. The van der Waals surface area contributed by atoms with Gasteiger partial charge in [-0.05, 0) is 5.56 Å². The predicted octanol–water partition coefficient (Wildman–Crippen LogP) is 0.752. The summed E-state index contributed by atoms with van der Waals surface area (Å²) in [6.07, 6.45) is -0.939. The van der Waals surface area contributed by atoms with E-state index >= 15 is 0 Å². The molecular formula is C11H13NO5. The van der Waals surface area contributed by atoms with Crippen LogP contribution in [0.2, 0.25) is 0 Å². The van der Waals surface area contributed by atoms with Gasteiger partial charge in [-0.15, -0.1) is 0 Å². The average molecular weight is 239 g/mol. The summed E-state index contributed by atoms with van der Waals surface area (Å²) in [6, 6.07) is 7.80. The lowest BCUT2D eigenvalue weighted by molar-refractivity contribution is -0.139. The number of carbonyl (C=O) groups is 2. The molecule has 92 valence electrons. The minimum atomic E-state index is -1.24. The van der Waals surface area contributed by atoms with E-state index in [1.807, 2.05) is 18.2 Å². The van der Waals surface area contributed by atoms with Crippen LogP contribution in [0.3, 0.4) is 0 Å². The zero-order valence-electron chi connectivity index (χ0n) is 9.04. The van der Waals surface area contributed by atoms with Gasteiger partial charge in [0.25, 0.3) is 0 Å². The Hall–Kier alpha value is -2.08. The second kappa shape index (κ2) is 6.49. The van der Waals surface area contributed by atoms with Gasteiger partial charge in [-0.2, -0.15) is 0 Å². The van der Waals surface area contributed by atoms with Crippen LogP contribution in [0.5, 0.6) is 0 Å². The van der Waals surface area contributed by atoms with E-state index in [9.17, 15) is 9.59 Å². The van der Waals surface area contributed by atoms with Crippen molar-refractivity contribution in [3.8, 4) is 0 Å². The highest BCUT2D eigenvalue weighted by Gasteiger charge is 2.14. The van der Waals surface area contributed by atoms with Crippen molar-refractivity contribution in [2.45, 2.75) is 12.6 Å². The molecule has 0 saturated heterocycles. The smallest absolute Gasteiger partial charge is 0.480 e. The van der Waals surface area contributed by atoms with E-state index in [2.05, 4.69) is 4.74 Å². The summed E-state index contributed by atoms with van der Waals surface area (Å²) in [5, 5.41) is 8.45. The summed E-state index contributed by atoms with van der Waals surface area (Å²) in [4.78, 5) is 21.4. The second-order valence-corrected chi connectivity index (χ2v) is 3.28. The van der Waals surface area contributed by atoms with Crippen molar-refractivity contribution in [2.24, 2.45) is 5.73 Å². The van der Waals surface area contributed by atoms with Crippen molar-refractivity contribution in [1.29, 1.82) is 0 Å². The topological polar surface area (TPSA) is 98.9 Å². The summed E-state index contributed by atoms with van der Waals surface area (Å²) in [7, 11) is 0. The molecule has 0 spiro atoms. The molecule has 0 saturated carbocycles. The van der Waals surface area contributed by atoms with Crippen LogP contribution in [0.4, 0.5) is 4.79 Å². The molecule has 0 bridgehead atoms. The molecule has 1 rings (SSSR count). The van der Waals surface area contributed by atoms with Crippen LogP contribution in [0.15, 0.2) is 30.3 Å². The summed E-state index contributed by atoms with van der Waals surface area (Å²) in [5.74, 6) is -1.24. The minimum absolute atomic E-state index is 0.0714. The maximum atomic E-state index is 11.1. The van der Waals surface area contributed by atoms with E-state index < -0.39 is 24.8 Å².